The maximum absolute atomic E-state index is 11.8. The minimum atomic E-state index is -0.0923. The molecule has 0 aliphatic heterocycles. The highest BCUT2D eigenvalue weighted by atomic mass is 16.1. The lowest BCUT2D eigenvalue weighted by Gasteiger charge is -2.11. The Balaban J connectivity index is 1.99. The van der Waals surface area contributed by atoms with Gasteiger partial charge in [0.05, 0.1) is 11.4 Å². The molecule has 1 amide bonds. The molecule has 0 fully saturated rings. The molecule has 1 aromatic carbocycles. The van der Waals surface area contributed by atoms with E-state index in [1.54, 1.807) is 24.4 Å². The van der Waals surface area contributed by atoms with Crippen molar-refractivity contribution in [1.29, 1.82) is 0 Å². The summed E-state index contributed by atoms with van der Waals surface area (Å²) in [5, 5.41) is 6.03. The normalized spacial score (nSPS) is 10.1. The van der Waals surface area contributed by atoms with Crippen LogP contribution in [0, 0.1) is 0 Å². The number of anilines is 2. The van der Waals surface area contributed by atoms with Crippen molar-refractivity contribution in [3.8, 4) is 0 Å². The van der Waals surface area contributed by atoms with Crippen LogP contribution in [0.5, 0.6) is 0 Å². The predicted molar refractivity (Wildman–Crippen MR) is 85.3 cm³/mol. The summed E-state index contributed by atoms with van der Waals surface area (Å²) in [6.45, 7) is 3.20. The second-order valence-corrected chi connectivity index (χ2v) is 4.66. The van der Waals surface area contributed by atoms with Crippen LogP contribution in [0.25, 0.3) is 0 Å². The lowest BCUT2D eigenvalue weighted by molar-refractivity contribution is 0.0956. The van der Waals surface area contributed by atoms with E-state index in [1.807, 2.05) is 25.1 Å². The van der Waals surface area contributed by atoms with Crippen molar-refractivity contribution in [2.24, 2.45) is 0 Å². The summed E-state index contributed by atoms with van der Waals surface area (Å²) in [7, 11) is 0. The molecule has 2 rings (SSSR count). The molecule has 0 aliphatic rings. The average molecular weight is 284 g/mol. The van der Waals surface area contributed by atoms with Crippen molar-refractivity contribution in [3.05, 3.63) is 53.9 Å². The fraction of sp³-hybridized carbons (Fsp3) is 0.250. The van der Waals surface area contributed by atoms with Crippen LogP contribution in [-0.4, -0.2) is 24.0 Å². The van der Waals surface area contributed by atoms with Crippen LogP contribution in [0.3, 0.4) is 0 Å². The average Bonchev–Trinajstić information content (AvgIpc) is 2.50. The molecule has 2 aromatic rings. The SMILES string of the molecule is CCNC(=O)c1ccc(N)c(NCCc2ccccn2)c1. The van der Waals surface area contributed by atoms with E-state index in [2.05, 4.69) is 15.6 Å². The van der Waals surface area contributed by atoms with Crippen LogP contribution in [0.1, 0.15) is 23.0 Å². The van der Waals surface area contributed by atoms with Crippen LogP contribution in [0.2, 0.25) is 0 Å². The highest BCUT2D eigenvalue weighted by molar-refractivity contribution is 5.96. The maximum atomic E-state index is 11.8. The van der Waals surface area contributed by atoms with Gasteiger partial charge in [-0.1, -0.05) is 6.07 Å². The number of pyridine rings is 1. The molecule has 0 spiro atoms. The molecule has 21 heavy (non-hydrogen) atoms. The summed E-state index contributed by atoms with van der Waals surface area (Å²) < 4.78 is 0. The molecule has 5 heteroatoms. The zero-order chi connectivity index (χ0) is 15.1. The lowest BCUT2D eigenvalue weighted by Crippen LogP contribution is -2.22. The lowest BCUT2D eigenvalue weighted by atomic mass is 10.1. The molecular formula is C16H20N4O. The van der Waals surface area contributed by atoms with E-state index >= 15 is 0 Å². The molecule has 0 saturated carbocycles. The van der Waals surface area contributed by atoms with Gasteiger partial charge in [0.2, 0.25) is 0 Å². The number of carbonyl (C=O) groups excluding carboxylic acids is 1. The zero-order valence-electron chi connectivity index (χ0n) is 12.1. The van der Waals surface area contributed by atoms with Crippen molar-refractivity contribution in [1.82, 2.24) is 10.3 Å². The minimum absolute atomic E-state index is 0.0923. The Morgan fingerprint density at radius 1 is 1.29 bits per heavy atom. The third kappa shape index (κ3) is 4.21. The smallest absolute Gasteiger partial charge is 0.251 e. The van der Waals surface area contributed by atoms with Gasteiger partial charge < -0.3 is 16.4 Å². The highest BCUT2D eigenvalue weighted by Crippen LogP contribution is 2.20. The number of benzene rings is 1. The third-order valence-electron chi connectivity index (χ3n) is 3.08. The van der Waals surface area contributed by atoms with E-state index in [4.69, 9.17) is 5.73 Å². The monoisotopic (exact) mass is 284 g/mol. The first kappa shape index (κ1) is 14.8. The van der Waals surface area contributed by atoms with Gasteiger partial charge in [-0.3, -0.25) is 9.78 Å². The van der Waals surface area contributed by atoms with Crippen LogP contribution >= 0.6 is 0 Å². The number of nitrogen functional groups attached to an aromatic ring is 1. The second kappa shape index (κ2) is 7.28. The summed E-state index contributed by atoms with van der Waals surface area (Å²) in [5.41, 5.74) is 8.96. The molecule has 0 saturated heterocycles. The van der Waals surface area contributed by atoms with E-state index in [0.717, 1.165) is 17.8 Å². The van der Waals surface area contributed by atoms with E-state index in [0.29, 0.717) is 24.3 Å². The van der Waals surface area contributed by atoms with E-state index in [1.165, 1.54) is 0 Å². The van der Waals surface area contributed by atoms with Gasteiger partial charge in [-0.05, 0) is 37.3 Å². The van der Waals surface area contributed by atoms with Crippen molar-refractivity contribution in [3.63, 3.8) is 0 Å². The molecule has 5 nitrogen and oxygen atoms in total. The Morgan fingerprint density at radius 3 is 2.86 bits per heavy atom. The van der Waals surface area contributed by atoms with Gasteiger partial charge in [0, 0.05) is 37.0 Å². The van der Waals surface area contributed by atoms with Crippen LogP contribution in [-0.2, 0) is 6.42 Å². The third-order valence-corrected chi connectivity index (χ3v) is 3.08. The van der Waals surface area contributed by atoms with Gasteiger partial charge in [0.25, 0.3) is 5.91 Å². The molecule has 0 atom stereocenters. The number of nitrogens with two attached hydrogens (primary N) is 1. The largest absolute Gasteiger partial charge is 0.397 e. The van der Waals surface area contributed by atoms with Crippen LogP contribution < -0.4 is 16.4 Å². The Hall–Kier alpha value is -2.56. The molecule has 0 radical (unpaired) electrons. The quantitative estimate of drug-likeness (QED) is 0.709. The summed E-state index contributed by atoms with van der Waals surface area (Å²) in [6.07, 6.45) is 2.57. The van der Waals surface area contributed by atoms with Crippen LogP contribution in [0.15, 0.2) is 42.6 Å². The molecule has 1 heterocycles. The first-order valence-corrected chi connectivity index (χ1v) is 7.02. The summed E-state index contributed by atoms with van der Waals surface area (Å²) >= 11 is 0. The number of nitrogens with one attached hydrogen (secondary N) is 2. The minimum Gasteiger partial charge on any atom is -0.397 e. The fourth-order valence-corrected chi connectivity index (χ4v) is 1.98. The molecular weight excluding hydrogens is 264 g/mol. The van der Waals surface area contributed by atoms with Gasteiger partial charge in [0.1, 0.15) is 0 Å². The van der Waals surface area contributed by atoms with Gasteiger partial charge >= 0.3 is 0 Å². The molecule has 0 unspecified atom stereocenters. The van der Waals surface area contributed by atoms with Crippen molar-refractivity contribution in [2.75, 3.05) is 24.1 Å². The van der Waals surface area contributed by atoms with Gasteiger partial charge in [0.15, 0.2) is 0 Å². The second-order valence-electron chi connectivity index (χ2n) is 4.66. The first-order valence-electron chi connectivity index (χ1n) is 7.02. The summed E-state index contributed by atoms with van der Waals surface area (Å²) in [4.78, 5) is 16.1. The Bertz CT molecular complexity index is 598. The summed E-state index contributed by atoms with van der Waals surface area (Å²) in [5.74, 6) is -0.0923. The van der Waals surface area contributed by atoms with E-state index in [9.17, 15) is 4.79 Å². The highest BCUT2D eigenvalue weighted by Gasteiger charge is 2.07. The zero-order valence-corrected chi connectivity index (χ0v) is 12.1. The summed E-state index contributed by atoms with van der Waals surface area (Å²) in [6, 6.07) is 11.1. The van der Waals surface area contributed by atoms with Gasteiger partial charge in [-0.15, -0.1) is 0 Å². The van der Waals surface area contributed by atoms with Crippen molar-refractivity contribution < 1.29 is 4.79 Å². The Kier molecular flexibility index (Phi) is 5.15. The van der Waals surface area contributed by atoms with Crippen LogP contribution in [0.4, 0.5) is 11.4 Å². The number of hydrogen-bond donors (Lipinski definition) is 3. The molecule has 110 valence electrons. The predicted octanol–water partition coefficient (Wildman–Crippen LogP) is 2.07. The van der Waals surface area contributed by atoms with Gasteiger partial charge in [-0.2, -0.15) is 0 Å². The Morgan fingerprint density at radius 2 is 2.14 bits per heavy atom. The molecule has 4 N–H and O–H groups in total. The van der Waals surface area contributed by atoms with E-state index < -0.39 is 0 Å². The fourth-order valence-electron chi connectivity index (χ4n) is 1.98. The van der Waals surface area contributed by atoms with Crippen molar-refractivity contribution >= 4 is 17.3 Å². The molecule has 1 aromatic heterocycles. The number of amides is 1. The Labute approximate surface area is 124 Å². The number of rotatable bonds is 6. The number of carbonyl (C=O) groups is 1. The standard InChI is InChI=1S/C16H20N4O/c1-2-18-16(21)12-6-7-14(17)15(11-12)20-10-8-13-5-3-4-9-19-13/h3-7,9,11,20H,2,8,10,17H2,1H3,(H,18,21). The molecule has 0 aliphatic carbocycles. The van der Waals surface area contributed by atoms with Crippen molar-refractivity contribution in [2.45, 2.75) is 13.3 Å². The number of aromatic nitrogens is 1. The number of nitrogens with zero attached hydrogens (tertiary/aromatic N) is 1. The van der Waals surface area contributed by atoms with Gasteiger partial charge in [-0.25, -0.2) is 0 Å². The first-order chi connectivity index (χ1) is 10.2. The number of hydrogen-bond acceptors (Lipinski definition) is 4. The molecule has 0 bridgehead atoms. The topological polar surface area (TPSA) is 80.0 Å². The van der Waals surface area contributed by atoms with E-state index in [-0.39, 0.29) is 5.91 Å². The maximum Gasteiger partial charge on any atom is 0.251 e.